The highest BCUT2D eigenvalue weighted by atomic mass is 16.5. The Morgan fingerprint density at radius 3 is 2.57 bits per heavy atom. The van der Waals surface area contributed by atoms with Crippen molar-refractivity contribution < 1.29 is 9.47 Å². The SMILES string of the molecule is Cc1ccc(CNCc2ccc3c(c2)OCCCO3)cn1. The van der Waals surface area contributed by atoms with Crippen LogP contribution >= 0.6 is 0 Å². The van der Waals surface area contributed by atoms with E-state index in [0.717, 1.165) is 49.9 Å². The van der Waals surface area contributed by atoms with Gasteiger partial charge in [0.2, 0.25) is 0 Å². The topological polar surface area (TPSA) is 43.4 Å². The molecule has 0 saturated carbocycles. The fourth-order valence-corrected chi connectivity index (χ4v) is 2.27. The minimum absolute atomic E-state index is 0.721. The largest absolute Gasteiger partial charge is 0.490 e. The summed E-state index contributed by atoms with van der Waals surface area (Å²) in [5.41, 5.74) is 3.43. The number of hydrogen-bond donors (Lipinski definition) is 1. The van der Waals surface area contributed by atoms with Crippen molar-refractivity contribution in [2.45, 2.75) is 26.4 Å². The predicted molar refractivity (Wildman–Crippen MR) is 81.6 cm³/mol. The summed E-state index contributed by atoms with van der Waals surface area (Å²) in [5, 5.41) is 3.42. The number of hydrogen-bond acceptors (Lipinski definition) is 4. The van der Waals surface area contributed by atoms with E-state index >= 15 is 0 Å². The smallest absolute Gasteiger partial charge is 0.161 e. The van der Waals surface area contributed by atoms with Gasteiger partial charge < -0.3 is 14.8 Å². The first-order valence-corrected chi connectivity index (χ1v) is 7.32. The van der Waals surface area contributed by atoms with Crippen LogP contribution in [0.3, 0.4) is 0 Å². The first-order chi connectivity index (χ1) is 10.3. The van der Waals surface area contributed by atoms with E-state index in [2.05, 4.69) is 28.5 Å². The van der Waals surface area contributed by atoms with Gasteiger partial charge in [0.1, 0.15) is 0 Å². The molecule has 1 N–H and O–H groups in total. The first-order valence-electron chi connectivity index (χ1n) is 7.32. The molecule has 4 heteroatoms. The third kappa shape index (κ3) is 3.73. The number of nitrogens with one attached hydrogen (secondary N) is 1. The molecule has 2 aromatic rings. The molecule has 0 spiro atoms. The molecule has 0 radical (unpaired) electrons. The molecule has 0 unspecified atom stereocenters. The van der Waals surface area contributed by atoms with Crippen LogP contribution in [0.4, 0.5) is 0 Å². The van der Waals surface area contributed by atoms with Gasteiger partial charge in [0.25, 0.3) is 0 Å². The van der Waals surface area contributed by atoms with Crippen LogP contribution in [-0.2, 0) is 13.1 Å². The number of aromatic nitrogens is 1. The van der Waals surface area contributed by atoms with Crippen LogP contribution in [0.2, 0.25) is 0 Å². The number of aryl methyl sites for hydroxylation is 1. The van der Waals surface area contributed by atoms with Gasteiger partial charge in [-0.05, 0) is 36.2 Å². The average molecular weight is 284 g/mol. The van der Waals surface area contributed by atoms with Crippen molar-refractivity contribution >= 4 is 0 Å². The van der Waals surface area contributed by atoms with Crippen LogP contribution in [-0.4, -0.2) is 18.2 Å². The molecule has 1 aliphatic rings. The highest BCUT2D eigenvalue weighted by Crippen LogP contribution is 2.30. The standard InChI is InChI=1S/C17H20N2O2/c1-13-3-4-15(12-19-13)11-18-10-14-5-6-16-17(9-14)21-8-2-7-20-16/h3-6,9,12,18H,2,7-8,10-11H2,1H3. The highest BCUT2D eigenvalue weighted by Gasteiger charge is 2.10. The molecule has 0 fully saturated rings. The Labute approximate surface area is 125 Å². The molecule has 1 aromatic heterocycles. The molecule has 0 amide bonds. The Morgan fingerprint density at radius 2 is 1.76 bits per heavy atom. The minimum atomic E-state index is 0.721. The van der Waals surface area contributed by atoms with E-state index in [-0.39, 0.29) is 0 Å². The molecule has 110 valence electrons. The molecule has 3 rings (SSSR count). The number of benzene rings is 1. The highest BCUT2D eigenvalue weighted by molar-refractivity contribution is 5.43. The summed E-state index contributed by atoms with van der Waals surface area (Å²) in [6.45, 7) is 5.05. The second kappa shape index (κ2) is 6.59. The Balaban J connectivity index is 1.58. The van der Waals surface area contributed by atoms with E-state index in [1.165, 1.54) is 11.1 Å². The lowest BCUT2D eigenvalue weighted by atomic mass is 10.2. The van der Waals surface area contributed by atoms with E-state index in [9.17, 15) is 0 Å². The van der Waals surface area contributed by atoms with Crippen LogP contribution in [0, 0.1) is 6.92 Å². The fourth-order valence-electron chi connectivity index (χ4n) is 2.27. The van der Waals surface area contributed by atoms with Crippen molar-refractivity contribution in [3.05, 3.63) is 53.3 Å². The minimum Gasteiger partial charge on any atom is -0.490 e. The van der Waals surface area contributed by atoms with E-state index in [1.807, 2.05) is 25.3 Å². The monoisotopic (exact) mass is 284 g/mol. The quantitative estimate of drug-likeness (QED) is 0.937. The number of fused-ring (bicyclic) bond motifs is 1. The van der Waals surface area contributed by atoms with E-state index in [1.54, 1.807) is 0 Å². The molecule has 4 nitrogen and oxygen atoms in total. The fraction of sp³-hybridized carbons (Fsp3) is 0.353. The van der Waals surface area contributed by atoms with Crippen molar-refractivity contribution in [1.29, 1.82) is 0 Å². The molecule has 0 atom stereocenters. The summed E-state index contributed by atoms with van der Waals surface area (Å²) in [7, 11) is 0. The molecular formula is C17H20N2O2. The van der Waals surface area contributed by atoms with Gasteiger partial charge in [-0.25, -0.2) is 0 Å². The van der Waals surface area contributed by atoms with Crippen LogP contribution in [0.25, 0.3) is 0 Å². The summed E-state index contributed by atoms with van der Waals surface area (Å²) < 4.78 is 11.3. The van der Waals surface area contributed by atoms with E-state index < -0.39 is 0 Å². The van der Waals surface area contributed by atoms with Crippen LogP contribution in [0.1, 0.15) is 23.2 Å². The van der Waals surface area contributed by atoms with Crippen LogP contribution in [0.5, 0.6) is 11.5 Å². The second-order valence-electron chi connectivity index (χ2n) is 5.24. The normalized spacial score (nSPS) is 13.8. The van der Waals surface area contributed by atoms with Crippen molar-refractivity contribution in [2.75, 3.05) is 13.2 Å². The third-order valence-electron chi connectivity index (χ3n) is 3.44. The van der Waals surface area contributed by atoms with Gasteiger partial charge in [0.05, 0.1) is 13.2 Å². The summed E-state index contributed by atoms with van der Waals surface area (Å²) >= 11 is 0. The van der Waals surface area contributed by atoms with Crippen molar-refractivity contribution in [1.82, 2.24) is 10.3 Å². The molecule has 0 aliphatic carbocycles. The Morgan fingerprint density at radius 1 is 1.00 bits per heavy atom. The molecule has 21 heavy (non-hydrogen) atoms. The second-order valence-corrected chi connectivity index (χ2v) is 5.24. The van der Waals surface area contributed by atoms with Gasteiger partial charge >= 0.3 is 0 Å². The molecular weight excluding hydrogens is 264 g/mol. The lowest BCUT2D eigenvalue weighted by Crippen LogP contribution is -2.13. The summed E-state index contributed by atoms with van der Waals surface area (Å²) in [5.74, 6) is 1.70. The van der Waals surface area contributed by atoms with Gasteiger partial charge in [-0.3, -0.25) is 4.98 Å². The maximum Gasteiger partial charge on any atom is 0.161 e. The van der Waals surface area contributed by atoms with Crippen molar-refractivity contribution in [2.24, 2.45) is 0 Å². The first kappa shape index (κ1) is 13.9. The van der Waals surface area contributed by atoms with Gasteiger partial charge in [-0.2, -0.15) is 0 Å². The summed E-state index contributed by atoms with van der Waals surface area (Å²) in [4.78, 5) is 4.30. The van der Waals surface area contributed by atoms with Gasteiger partial charge in [-0.1, -0.05) is 12.1 Å². The van der Waals surface area contributed by atoms with Crippen molar-refractivity contribution in [3.63, 3.8) is 0 Å². The molecule has 0 saturated heterocycles. The third-order valence-corrected chi connectivity index (χ3v) is 3.44. The summed E-state index contributed by atoms with van der Waals surface area (Å²) in [6.07, 6.45) is 2.85. The number of ether oxygens (including phenoxy) is 2. The molecule has 0 bridgehead atoms. The Hall–Kier alpha value is -2.07. The zero-order chi connectivity index (χ0) is 14.5. The maximum atomic E-state index is 5.70. The lowest BCUT2D eigenvalue weighted by molar-refractivity contribution is 0.297. The van der Waals surface area contributed by atoms with Crippen molar-refractivity contribution in [3.8, 4) is 11.5 Å². The van der Waals surface area contributed by atoms with Crippen LogP contribution < -0.4 is 14.8 Å². The average Bonchev–Trinajstić information content (AvgIpc) is 2.74. The predicted octanol–water partition coefficient (Wildman–Crippen LogP) is 2.84. The Kier molecular flexibility index (Phi) is 4.36. The Bertz CT molecular complexity index is 596. The lowest BCUT2D eigenvalue weighted by Gasteiger charge is -2.10. The molecule has 1 aliphatic heterocycles. The zero-order valence-electron chi connectivity index (χ0n) is 12.3. The maximum absolute atomic E-state index is 5.70. The number of rotatable bonds is 4. The zero-order valence-corrected chi connectivity index (χ0v) is 12.3. The summed E-state index contributed by atoms with van der Waals surface area (Å²) in [6, 6.07) is 10.3. The van der Waals surface area contributed by atoms with Gasteiger partial charge in [-0.15, -0.1) is 0 Å². The molecule has 2 heterocycles. The van der Waals surface area contributed by atoms with E-state index in [4.69, 9.17) is 9.47 Å². The van der Waals surface area contributed by atoms with Gasteiger partial charge in [0.15, 0.2) is 11.5 Å². The number of nitrogens with zero attached hydrogens (tertiary/aromatic N) is 1. The van der Waals surface area contributed by atoms with Gasteiger partial charge in [0, 0.05) is 31.4 Å². The van der Waals surface area contributed by atoms with Crippen LogP contribution in [0.15, 0.2) is 36.5 Å². The number of pyridine rings is 1. The molecule has 1 aromatic carbocycles. The van der Waals surface area contributed by atoms with E-state index in [0.29, 0.717) is 0 Å².